The number of nitrogens with zero attached hydrogens (tertiary/aromatic N) is 1. The van der Waals surface area contributed by atoms with Gasteiger partial charge in [0.25, 0.3) is 10.0 Å². The Morgan fingerprint density at radius 2 is 1.95 bits per heavy atom. The molecule has 1 rings (SSSR count). The molecule has 0 saturated carbocycles. The first-order chi connectivity index (χ1) is 9.70. The molecule has 21 heavy (non-hydrogen) atoms. The van der Waals surface area contributed by atoms with E-state index in [0.29, 0.717) is 17.3 Å². The Balaban J connectivity index is 2.97. The summed E-state index contributed by atoms with van der Waals surface area (Å²) in [6, 6.07) is 2.99. The lowest BCUT2D eigenvalue weighted by Gasteiger charge is -2.21. The molecule has 0 aliphatic heterocycles. The summed E-state index contributed by atoms with van der Waals surface area (Å²) in [5, 5.41) is 3.04. The van der Waals surface area contributed by atoms with Crippen molar-refractivity contribution in [2.75, 3.05) is 19.6 Å². The Kier molecular flexibility index (Phi) is 6.64. The molecule has 0 aliphatic rings. The van der Waals surface area contributed by atoms with Gasteiger partial charge in [0.05, 0.1) is 0 Å². The minimum absolute atomic E-state index is 0.0481. The van der Waals surface area contributed by atoms with E-state index in [4.69, 9.17) is 0 Å². The third kappa shape index (κ3) is 5.57. The molecule has 1 aromatic rings. The van der Waals surface area contributed by atoms with E-state index in [1.54, 1.807) is 13.0 Å². The van der Waals surface area contributed by atoms with E-state index in [9.17, 15) is 21.6 Å². The van der Waals surface area contributed by atoms with Crippen molar-refractivity contribution in [1.82, 2.24) is 9.62 Å². The van der Waals surface area contributed by atoms with Gasteiger partial charge in [-0.25, -0.2) is 8.42 Å². The summed E-state index contributed by atoms with van der Waals surface area (Å²) in [6.45, 7) is 3.19. The van der Waals surface area contributed by atoms with Crippen LogP contribution in [0.1, 0.15) is 25.1 Å². The van der Waals surface area contributed by atoms with Crippen LogP contribution in [0.5, 0.6) is 0 Å². The van der Waals surface area contributed by atoms with Gasteiger partial charge in [0.2, 0.25) is 0 Å². The van der Waals surface area contributed by atoms with E-state index in [2.05, 4.69) is 5.32 Å². The molecule has 0 amide bonds. The van der Waals surface area contributed by atoms with Crippen molar-refractivity contribution in [1.29, 1.82) is 0 Å². The van der Waals surface area contributed by atoms with Gasteiger partial charge in [-0.05, 0) is 25.1 Å². The molecule has 0 radical (unpaired) electrons. The Morgan fingerprint density at radius 1 is 1.29 bits per heavy atom. The monoisotopic (exact) mass is 344 g/mol. The summed E-state index contributed by atoms with van der Waals surface area (Å²) >= 11 is 1.00. The highest BCUT2D eigenvalue weighted by molar-refractivity contribution is 7.91. The van der Waals surface area contributed by atoms with Crippen LogP contribution in [0.4, 0.5) is 13.2 Å². The molecule has 0 aromatic carbocycles. The molecule has 1 heterocycles. The molecule has 0 saturated heterocycles. The van der Waals surface area contributed by atoms with Crippen LogP contribution >= 0.6 is 11.3 Å². The lowest BCUT2D eigenvalue weighted by molar-refractivity contribution is -0.136. The van der Waals surface area contributed by atoms with Gasteiger partial charge in [-0.2, -0.15) is 17.5 Å². The quantitative estimate of drug-likeness (QED) is 0.789. The van der Waals surface area contributed by atoms with Gasteiger partial charge in [-0.1, -0.05) is 13.8 Å². The average molecular weight is 344 g/mol. The van der Waals surface area contributed by atoms with Crippen LogP contribution in [0.15, 0.2) is 16.3 Å². The Hall–Kier alpha value is -0.640. The predicted octanol–water partition coefficient (Wildman–Crippen LogP) is 2.82. The van der Waals surface area contributed by atoms with E-state index in [0.717, 1.165) is 22.8 Å². The summed E-state index contributed by atoms with van der Waals surface area (Å²) < 4.78 is 62.7. The number of thiophene rings is 1. The fourth-order valence-electron chi connectivity index (χ4n) is 1.70. The van der Waals surface area contributed by atoms with E-state index in [1.807, 2.05) is 6.92 Å². The second-order valence-electron chi connectivity index (χ2n) is 4.45. The molecule has 0 bridgehead atoms. The van der Waals surface area contributed by atoms with Gasteiger partial charge in [-0.3, -0.25) is 0 Å². The van der Waals surface area contributed by atoms with Crippen LogP contribution in [0.25, 0.3) is 0 Å². The Labute approximate surface area is 127 Å². The van der Waals surface area contributed by atoms with Gasteiger partial charge < -0.3 is 5.32 Å². The molecule has 4 nitrogen and oxygen atoms in total. The topological polar surface area (TPSA) is 49.4 Å². The van der Waals surface area contributed by atoms with Gasteiger partial charge in [-0.15, -0.1) is 11.3 Å². The highest BCUT2D eigenvalue weighted by atomic mass is 32.2. The SMILES string of the molecule is CCCN(CC(F)(F)F)S(=O)(=O)c1ccc(CNCC)s1. The molecular formula is C12H19F3N2O2S2. The normalized spacial score (nSPS) is 13.0. The van der Waals surface area contributed by atoms with E-state index < -0.39 is 22.7 Å². The van der Waals surface area contributed by atoms with E-state index in [-0.39, 0.29) is 10.8 Å². The predicted molar refractivity (Wildman–Crippen MR) is 76.8 cm³/mol. The number of rotatable bonds is 8. The first-order valence-corrected chi connectivity index (χ1v) is 8.82. The van der Waals surface area contributed by atoms with Crippen LogP contribution in [0.2, 0.25) is 0 Å². The largest absolute Gasteiger partial charge is 0.402 e. The maximum Gasteiger partial charge on any atom is 0.402 e. The van der Waals surface area contributed by atoms with E-state index in [1.165, 1.54) is 6.07 Å². The number of hydrogen-bond acceptors (Lipinski definition) is 4. The van der Waals surface area contributed by atoms with Crippen molar-refractivity contribution in [2.24, 2.45) is 0 Å². The van der Waals surface area contributed by atoms with E-state index >= 15 is 0 Å². The van der Waals surface area contributed by atoms with Crippen molar-refractivity contribution < 1.29 is 21.6 Å². The summed E-state index contributed by atoms with van der Waals surface area (Å²) in [6.07, 6.45) is -4.23. The molecule has 0 aliphatic carbocycles. The summed E-state index contributed by atoms with van der Waals surface area (Å²) in [7, 11) is -4.10. The van der Waals surface area contributed by atoms with Crippen molar-refractivity contribution in [3.8, 4) is 0 Å². The van der Waals surface area contributed by atoms with Crippen LogP contribution in [-0.4, -0.2) is 38.5 Å². The van der Waals surface area contributed by atoms with Crippen LogP contribution in [-0.2, 0) is 16.6 Å². The second-order valence-corrected chi connectivity index (χ2v) is 7.79. The highest BCUT2D eigenvalue weighted by Crippen LogP contribution is 2.27. The van der Waals surface area contributed by atoms with Crippen molar-refractivity contribution in [3.63, 3.8) is 0 Å². The minimum Gasteiger partial charge on any atom is -0.312 e. The summed E-state index contributed by atoms with van der Waals surface area (Å²) in [5.41, 5.74) is 0. The zero-order chi connectivity index (χ0) is 16.1. The maximum absolute atomic E-state index is 12.5. The molecule has 9 heteroatoms. The third-order valence-electron chi connectivity index (χ3n) is 2.61. The zero-order valence-electron chi connectivity index (χ0n) is 11.9. The zero-order valence-corrected chi connectivity index (χ0v) is 13.5. The van der Waals surface area contributed by atoms with Crippen LogP contribution < -0.4 is 5.32 Å². The number of nitrogens with one attached hydrogen (secondary N) is 1. The summed E-state index contributed by atoms with van der Waals surface area (Å²) in [4.78, 5) is 0.777. The standard InChI is InChI=1S/C12H19F3N2O2S2/c1-3-7-17(9-12(13,14)15)21(18,19)11-6-5-10(20-11)8-16-4-2/h5-6,16H,3-4,7-9H2,1-2H3. The fraction of sp³-hybridized carbons (Fsp3) is 0.667. The van der Waals surface area contributed by atoms with Crippen LogP contribution in [0, 0.1) is 0 Å². The first-order valence-electron chi connectivity index (χ1n) is 6.57. The van der Waals surface area contributed by atoms with Crippen LogP contribution in [0.3, 0.4) is 0 Å². The molecule has 1 N–H and O–H groups in total. The Morgan fingerprint density at radius 3 is 2.48 bits per heavy atom. The first kappa shape index (κ1) is 18.4. The molecule has 122 valence electrons. The molecule has 0 atom stereocenters. The maximum atomic E-state index is 12.5. The van der Waals surface area contributed by atoms with Crippen molar-refractivity contribution in [2.45, 2.75) is 37.2 Å². The Bertz CT molecular complexity index is 541. The smallest absolute Gasteiger partial charge is 0.312 e. The van der Waals surface area contributed by atoms with Gasteiger partial charge >= 0.3 is 6.18 Å². The molecule has 1 aromatic heterocycles. The number of halogens is 3. The van der Waals surface area contributed by atoms with Gasteiger partial charge in [0, 0.05) is 18.0 Å². The van der Waals surface area contributed by atoms with Crippen molar-refractivity contribution >= 4 is 21.4 Å². The highest BCUT2D eigenvalue weighted by Gasteiger charge is 2.37. The number of sulfonamides is 1. The van der Waals surface area contributed by atoms with Gasteiger partial charge in [0.1, 0.15) is 10.8 Å². The molecule has 0 unspecified atom stereocenters. The molecular weight excluding hydrogens is 325 g/mol. The average Bonchev–Trinajstić information content (AvgIpc) is 2.83. The lowest BCUT2D eigenvalue weighted by Crippen LogP contribution is -2.39. The third-order valence-corrected chi connectivity index (χ3v) is 6.01. The molecule has 0 spiro atoms. The second kappa shape index (κ2) is 7.57. The number of hydrogen-bond donors (Lipinski definition) is 1. The molecule has 0 fully saturated rings. The number of alkyl halides is 3. The summed E-state index contributed by atoms with van der Waals surface area (Å²) in [5.74, 6) is 0. The van der Waals surface area contributed by atoms with Crippen molar-refractivity contribution in [3.05, 3.63) is 17.0 Å². The fourth-order valence-corrected chi connectivity index (χ4v) is 4.70. The minimum atomic E-state index is -4.55. The lowest BCUT2D eigenvalue weighted by atomic mass is 10.4. The van der Waals surface area contributed by atoms with Gasteiger partial charge in [0.15, 0.2) is 0 Å².